The molecule has 33 heavy (non-hydrogen) atoms. The van der Waals surface area contributed by atoms with Crippen molar-refractivity contribution in [2.24, 2.45) is 0 Å². The van der Waals surface area contributed by atoms with Crippen LogP contribution < -0.4 is 9.64 Å². The van der Waals surface area contributed by atoms with Crippen LogP contribution in [0.15, 0.2) is 66.9 Å². The monoisotopic (exact) mass is 448 g/mol. The zero-order chi connectivity index (χ0) is 23.2. The summed E-state index contributed by atoms with van der Waals surface area (Å²) in [6.45, 7) is 4.08. The van der Waals surface area contributed by atoms with Gasteiger partial charge < -0.3 is 14.7 Å². The van der Waals surface area contributed by atoms with E-state index in [9.17, 15) is 20.0 Å². The second-order valence-corrected chi connectivity index (χ2v) is 7.80. The number of benzene rings is 2. The summed E-state index contributed by atoms with van der Waals surface area (Å²) in [5.74, 6) is 0.293. The smallest absolute Gasteiger partial charge is 0.339 e. The standard InChI is InChI=1S/C24H24N4O5/c29-24(30)22-5-2-10-25-23(22)27-13-11-26(12-14-27)16-19-3-1-4-21(15-19)33-17-18-6-8-20(9-7-18)28(31)32/h1-10,15H,11-14,16-17H2,(H,29,30). The Bertz CT molecular complexity index is 1130. The molecule has 2 heterocycles. The molecule has 170 valence electrons. The molecule has 0 amide bonds. The summed E-state index contributed by atoms with van der Waals surface area (Å²) in [6.07, 6.45) is 1.62. The van der Waals surface area contributed by atoms with Crippen LogP contribution in [0.1, 0.15) is 21.5 Å². The molecule has 0 radical (unpaired) electrons. The molecule has 1 aliphatic rings. The minimum atomic E-state index is -0.967. The number of nitro groups is 1. The van der Waals surface area contributed by atoms with Gasteiger partial charge >= 0.3 is 5.97 Å². The largest absolute Gasteiger partial charge is 0.489 e. The van der Waals surface area contributed by atoms with E-state index in [0.29, 0.717) is 25.5 Å². The lowest BCUT2D eigenvalue weighted by Gasteiger charge is -2.35. The van der Waals surface area contributed by atoms with E-state index in [-0.39, 0.29) is 11.3 Å². The van der Waals surface area contributed by atoms with Gasteiger partial charge in [0.15, 0.2) is 0 Å². The Morgan fingerprint density at radius 1 is 1.03 bits per heavy atom. The van der Waals surface area contributed by atoms with E-state index in [1.807, 2.05) is 29.2 Å². The third kappa shape index (κ3) is 5.64. The number of carboxylic acid groups (broad SMARTS) is 1. The van der Waals surface area contributed by atoms with Crippen molar-refractivity contribution >= 4 is 17.5 Å². The van der Waals surface area contributed by atoms with Crippen molar-refractivity contribution in [1.82, 2.24) is 9.88 Å². The number of hydrogen-bond donors (Lipinski definition) is 1. The van der Waals surface area contributed by atoms with E-state index < -0.39 is 10.9 Å². The number of anilines is 1. The molecule has 1 saturated heterocycles. The van der Waals surface area contributed by atoms with Crippen molar-refractivity contribution in [3.8, 4) is 5.75 Å². The highest BCUT2D eigenvalue weighted by molar-refractivity contribution is 5.93. The summed E-state index contributed by atoms with van der Waals surface area (Å²) >= 11 is 0. The van der Waals surface area contributed by atoms with Crippen LogP contribution in [0.5, 0.6) is 5.75 Å². The number of aromatic nitrogens is 1. The van der Waals surface area contributed by atoms with Crippen LogP contribution in [0.3, 0.4) is 0 Å². The second kappa shape index (κ2) is 10.1. The third-order valence-corrected chi connectivity index (χ3v) is 5.55. The van der Waals surface area contributed by atoms with Gasteiger partial charge in [-0.2, -0.15) is 0 Å². The van der Waals surface area contributed by atoms with Crippen LogP contribution in [0.4, 0.5) is 11.5 Å². The normalized spacial score (nSPS) is 14.1. The predicted octanol–water partition coefficient (Wildman–Crippen LogP) is 3.59. The molecule has 0 saturated carbocycles. The number of carboxylic acids is 1. The van der Waals surface area contributed by atoms with E-state index in [0.717, 1.165) is 36.5 Å². The van der Waals surface area contributed by atoms with E-state index in [4.69, 9.17) is 4.74 Å². The van der Waals surface area contributed by atoms with Gasteiger partial charge in [0.2, 0.25) is 0 Å². The third-order valence-electron chi connectivity index (χ3n) is 5.55. The molecular weight excluding hydrogens is 424 g/mol. The zero-order valence-electron chi connectivity index (χ0n) is 18.0. The van der Waals surface area contributed by atoms with Crippen LogP contribution in [-0.2, 0) is 13.2 Å². The molecule has 4 rings (SSSR count). The molecule has 1 aromatic heterocycles. The Balaban J connectivity index is 1.31. The Labute approximate surface area is 191 Å². The number of non-ortho nitro benzene ring substituents is 1. The molecule has 1 aliphatic heterocycles. The Hall–Kier alpha value is -3.98. The Morgan fingerprint density at radius 3 is 2.48 bits per heavy atom. The lowest BCUT2D eigenvalue weighted by Crippen LogP contribution is -2.46. The molecule has 1 N–H and O–H groups in total. The molecule has 0 atom stereocenters. The molecule has 3 aromatic rings. The van der Waals surface area contributed by atoms with E-state index in [2.05, 4.69) is 9.88 Å². The molecule has 2 aromatic carbocycles. The van der Waals surface area contributed by atoms with Crippen molar-refractivity contribution < 1.29 is 19.6 Å². The number of nitrogens with zero attached hydrogens (tertiary/aromatic N) is 4. The van der Waals surface area contributed by atoms with E-state index in [1.54, 1.807) is 30.5 Å². The van der Waals surface area contributed by atoms with Gasteiger partial charge in [-0.15, -0.1) is 0 Å². The summed E-state index contributed by atoms with van der Waals surface area (Å²) in [5, 5.41) is 20.2. The molecule has 0 unspecified atom stereocenters. The average Bonchev–Trinajstić information content (AvgIpc) is 2.84. The maximum Gasteiger partial charge on any atom is 0.339 e. The van der Waals surface area contributed by atoms with Gasteiger partial charge in [0.05, 0.1) is 4.92 Å². The predicted molar refractivity (Wildman–Crippen MR) is 123 cm³/mol. The first-order valence-corrected chi connectivity index (χ1v) is 10.6. The fourth-order valence-corrected chi connectivity index (χ4v) is 3.81. The van der Waals surface area contributed by atoms with Gasteiger partial charge in [0, 0.05) is 51.1 Å². The quantitative estimate of drug-likeness (QED) is 0.411. The summed E-state index contributed by atoms with van der Waals surface area (Å²) in [7, 11) is 0. The minimum absolute atomic E-state index is 0.0584. The topological polar surface area (TPSA) is 109 Å². The highest BCUT2D eigenvalue weighted by Gasteiger charge is 2.22. The van der Waals surface area contributed by atoms with Crippen molar-refractivity contribution in [3.63, 3.8) is 0 Å². The van der Waals surface area contributed by atoms with Crippen LogP contribution in [0.25, 0.3) is 0 Å². The summed E-state index contributed by atoms with van der Waals surface area (Å²) in [6, 6.07) is 17.4. The van der Waals surface area contributed by atoms with Crippen molar-refractivity contribution in [1.29, 1.82) is 0 Å². The lowest BCUT2D eigenvalue weighted by molar-refractivity contribution is -0.384. The average molecular weight is 448 g/mol. The highest BCUT2D eigenvalue weighted by Crippen LogP contribution is 2.21. The molecule has 9 heteroatoms. The zero-order valence-corrected chi connectivity index (χ0v) is 18.0. The first kappa shape index (κ1) is 22.2. The van der Waals surface area contributed by atoms with E-state index >= 15 is 0 Å². The fourth-order valence-electron chi connectivity index (χ4n) is 3.81. The Morgan fingerprint density at radius 2 is 1.79 bits per heavy atom. The van der Waals surface area contributed by atoms with Gasteiger partial charge in [-0.3, -0.25) is 15.0 Å². The Kier molecular flexibility index (Phi) is 6.80. The highest BCUT2D eigenvalue weighted by atomic mass is 16.6. The van der Waals surface area contributed by atoms with Gasteiger partial charge in [0.25, 0.3) is 5.69 Å². The van der Waals surface area contributed by atoms with Gasteiger partial charge in [-0.25, -0.2) is 9.78 Å². The number of hydrogen-bond acceptors (Lipinski definition) is 7. The number of carbonyl (C=O) groups is 1. The SMILES string of the molecule is O=C(O)c1cccnc1N1CCN(Cc2cccc(OCc3ccc([N+](=O)[O-])cc3)c2)CC1. The van der Waals surface area contributed by atoms with Crippen LogP contribution in [-0.4, -0.2) is 52.1 Å². The molecule has 1 fully saturated rings. The minimum Gasteiger partial charge on any atom is -0.489 e. The van der Waals surface area contributed by atoms with Crippen LogP contribution in [0, 0.1) is 10.1 Å². The van der Waals surface area contributed by atoms with Gasteiger partial charge in [-0.1, -0.05) is 12.1 Å². The first-order valence-electron chi connectivity index (χ1n) is 10.6. The molecule has 0 spiro atoms. The van der Waals surface area contributed by atoms with Crippen LogP contribution in [0.2, 0.25) is 0 Å². The van der Waals surface area contributed by atoms with Crippen molar-refractivity contribution in [2.75, 3.05) is 31.1 Å². The van der Waals surface area contributed by atoms with Crippen LogP contribution >= 0.6 is 0 Å². The summed E-state index contributed by atoms with van der Waals surface area (Å²) in [4.78, 5) is 30.4. The maximum atomic E-state index is 11.5. The van der Waals surface area contributed by atoms with Crippen molar-refractivity contribution in [3.05, 3.63) is 93.7 Å². The molecule has 9 nitrogen and oxygen atoms in total. The summed E-state index contributed by atoms with van der Waals surface area (Å²) in [5.41, 5.74) is 2.26. The van der Waals surface area contributed by atoms with Gasteiger partial charge in [-0.05, 0) is 47.5 Å². The van der Waals surface area contributed by atoms with Gasteiger partial charge in [0.1, 0.15) is 23.7 Å². The number of aromatic carboxylic acids is 1. The number of nitro benzene ring substituents is 1. The van der Waals surface area contributed by atoms with E-state index in [1.165, 1.54) is 12.1 Å². The fraction of sp³-hybridized carbons (Fsp3) is 0.250. The lowest BCUT2D eigenvalue weighted by atomic mass is 10.1. The first-order chi connectivity index (χ1) is 16.0. The summed E-state index contributed by atoms with van der Waals surface area (Å²) < 4.78 is 5.87. The molecular formula is C24H24N4O5. The number of piperazine rings is 1. The second-order valence-electron chi connectivity index (χ2n) is 7.80. The maximum absolute atomic E-state index is 11.5. The number of ether oxygens (including phenoxy) is 1. The number of rotatable bonds is 8. The number of pyridine rings is 1. The van der Waals surface area contributed by atoms with Crippen molar-refractivity contribution in [2.45, 2.75) is 13.2 Å². The molecule has 0 bridgehead atoms. The molecule has 0 aliphatic carbocycles.